The Bertz CT molecular complexity index is 903. The highest BCUT2D eigenvalue weighted by atomic mass is 32.1. The summed E-state index contributed by atoms with van der Waals surface area (Å²) >= 11 is 5.60. The molecule has 132 valence electrons. The average molecular weight is 361 g/mol. The molecule has 0 aliphatic heterocycles. The first-order valence-corrected chi connectivity index (χ1v) is 9.20. The van der Waals surface area contributed by atoms with Gasteiger partial charge in [0.05, 0.1) is 6.04 Å². The van der Waals surface area contributed by atoms with Crippen LogP contribution in [-0.2, 0) is 0 Å². The molecule has 0 aromatic heterocycles. The summed E-state index contributed by atoms with van der Waals surface area (Å²) in [5.74, 6) is 0. The van der Waals surface area contributed by atoms with E-state index in [4.69, 9.17) is 12.2 Å². The van der Waals surface area contributed by atoms with Gasteiger partial charge in [-0.25, -0.2) is 0 Å². The van der Waals surface area contributed by atoms with E-state index in [-0.39, 0.29) is 6.04 Å². The van der Waals surface area contributed by atoms with Gasteiger partial charge in [-0.2, -0.15) is 0 Å². The number of benzene rings is 3. The Kier molecular flexibility index (Phi) is 5.69. The summed E-state index contributed by atoms with van der Waals surface area (Å²) in [7, 11) is 0. The maximum Gasteiger partial charge on any atom is 0.171 e. The Labute approximate surface area is 161 Å². The highest BCUT2D eigenvalue weighted by molar-refractivity contribution is 7.80. The zero-order valence-electron chi connectivity index (χ0n) is 15.4. The summed E-state index contributed by atoms with van der Waals surface area (Å²) in [4.78, 5) is 0. The van der Waals surface area contributed by atoms with Crippen LogP contribution in [0.25, 0.3) is 0 Å². The molecular formula is C23H24N2S. The highest BCUT2D eigenvalue weighted by Crippen LogP contribution is 2.26. The smallest absolute Gasteiger partial charge is 0.171 e. The van der Waals surface area contributed by atoms with Crippen molar-refractivity contribution in [2.75, 3.05) is 5.32 Å². The normalized spacial score (nSPS) is 11.7. The van der Waals surface area contributed by atoms with Crippen molar-refractivity contribution in [3.05, 3.63) is 101 Å². The third-order valence-corrected chi connectivity index (χ3v) is 4.64. The number of rotatable bonds is 4. The molecule has 0 aliphatic rings. The minimum absolute atomic E-state index is 0.00149. The fourth-order valence-corrected chi connectivity index (χ4v) is 3.39. The van der Waals surface area contributed by atoms with Crippen LogP contribution in [0.3, 0.4) is 0 Å². The van der Waals surface area contributed by atoms with Gasteiger partial charge in [-0.3, -0.25) is 0 Å². The zero-order valence-corrected chi connectivity index (χ0v) is 16.2. The summed E-state index contributed by atoms with van der Waals surface area (Å²) in [5, 5.41) is 7.42. The maximum absolute atomic E-state index is 5.60. The van der Waals surface area contributed by atoms with Crippen LogP contribution in [0.2, 0.25) is 0 Å². The molecule has 0 saturated heterocycles. The lowest BCUT2D eigenvalue weighted by molar-refractivity contribution is 0.762. The number of thiocarbonyl (C=S) groups is 1. The Morgan fingerprint density at radius 2 is 1.54 bits per heavy atom. The van der Waals surface area contributed by atoms with Gasteiger partial charge in [-0.1, -0.05) is 66.2 Å². The molecule has 26 heavy (non-hydrogen) atoms. The molecule has 0 unspecified atom stereocenters. The van der Waals surface area contributed by atoms with Gasteiger partial charge in [0.15, 0.2) is 5.11 Å². The lowest BCUT2D eigenvalue weighted by Crippen LogP contribution is -2.33. The molecule has 2 N–H and O–H groups in total. The maximum atomic E-state index is 5.60. The van der Waals surface area contributed by atoms with Crippen LogP contribution in [0.5, 0.6) is 0 Å². The van der Waals surface area contributed by atoms with E-state index in [9.17, 15) is 0 Å². The van der Waals surface area contributed by atoms with Crippen molar-refractivity contribution in [2.24, 2.45) is 0 Å². The number of aryl methyl sites for hydroxylation is 3. The second-order valence-corrected chi connectivity index (χ2v) is 7.08. The van der Waals surface area contributed by atoms with E-state index >= 15 is 0 Å². The molecule has 3 aromatic rings. The van der Waals surface area contributed by atoms with E-state index < -0.39 is 0 Å². The Morgan fingerprint density at radius 3 is 2.23 bits per heavy atom. The minimum Gasteiger partial charge on any atom is -0.352 e. The number of hydrogen-bond acceptors (Lipinski definition) is 1. The lowest BCUT2D eigenvalue weighted by Gasteiger charge is -2.24. The molecule has 0 fully saturated rings. The van der Waals surface area contributed by atoms with Crippen LogP contribution in [0.4, 0.5) is 5.69 Å². The molecule has 2 nitrogen and oxygen atoms in total. The Hall–Kier alpha value is -2.65. The fourth-order valence-electron chi connectivity index (χ4n) is 3.16. The van der Waals surface area contributed by atoms with Crippen LogP contribution >= 0.6 is 12.2 Å². The van der Waals surface area contributed by atoms with Crippen LogP contribution in [0.1, 0.15) is 33.9 Å². The summed E-state index contributed by atoms with van der Waals surface area (Å²) in [6.45, 7) is 6.34. The number of anilines is 1. The third kappa shape index (κ3) is 4.50. The van der Waals surface area contributed by atoms with Gasteiger partial charge in [0.25, 0.3) is 0 Å². The largest absolute Gasteiger partial charge is 0.352 e. The van der Waals surface area contributed by atoms with E-state index in [1.54, 1.807) is 0 Å². The average Bonchev–Trinajstić information content (AvgIpc) is 2.61. The zero-order chi connectivity index (χ0) is 18.5. The second-order valence-electron chi connectivity index (χ2n) is 6.67. The van der Waals surface area contributed by atoms with Gasteiger partial charge in [0, 0.05) is 5.69 Å². The van der Waals surface area contributed by atoms with Gasteiger partial charge >= 0.3 is 0 Å². The summed E-state index contributed by atoms with van der Waals surface area (Å²) < 4.78 is 0. The van der Waals surface area contributed by atoms with E-state index in [1.807, 2.05) is 18.2 Å². The van der Waals surface area contributed by atoms with E-state index in [0.29, 0.717) is 5.11 Å². The van der Waals surface area contributed by atoms with Gasteiger partial charge in [0.1, 0.15) is 0 Å². The van der Waals surface area contributed by atoms with Gasteiger partial charge < -0.3 is 10.6 Å². The molecule has 0 spiro atoms. The van der Waals surface area contributed by atoms with Crippen LogP contribution < -0.4 is 10.6 Å². The molecule has 0 saturated carbocycles. The van der Waals surface area contributed by atoms with Gasteiger partial charge in [0.2, 0.25) is 0 Å². The highest BCUT2D eigenvalue weighted by Gasteiger charge is 2.17. The molecule has 3 aromatic carbocycles. The second kappa shape index (κ2) is 8.15. The molecule has 0 radical (unpaired) electrons. The molecule has 0 bridgehead atoms. The monoisotopic (exact) mass is 360 g/mol. The summed E-state index contributed by atoms with van der Waals surface area (Å²) in [5.41, 5.74) is 7.13. The first-order valence-electron chi connectivity index (χ1n) is 8.79. The van der Waals surface area contributed by atoms with Crippen molar-refractivity contribution in [3.8, 4) is 0 Å². The predicted octanol–water partition coefficient (Wildman–Crippen LogP) is 5.69. The molecule has 3 rings (SSSR count). The van der Waals surface area contributed by atoms with Gasteiger partial charge in [-0.15, -0.1) is 0 Å². The standard InChI is InChI=1S/C23H24N2S/c1-16-8-7-11-20(15-16)24-23(26)25-22(19-9-5-4-6-10-19)21-13-12-17(2)14-18(21)3/h4-15,22H,1-3H3,(H2,24,25,26)/t22-/m1/s1. The summed E-state index contributed by atoms with van der Waals surface area (Å²) in [6.07, 6.45) is 0. The predicted molar refractivity (Wildman–Crippen MR) is 115 cm³/mol. The first-order chi connectivity index (χ1) is 12.5. The van der Waals surface area contributed by atoms with Crippen molar-refractivity contribution in [1.29, 1.82) is 0 Å². The minimum atomic E-state index is 0.00149. The summed E-state index contributed by atoms with van der Waals surface area (Å²) in [6, 6.07) is 25.2. The lowest BCUT2D eigenvalue weighted by atomic mass is 9.94. The van der Waals surface area contributed by atoms with Crippen molar-refractivity contribution < 1.29 is 0 Å². The molecule has 1 atom stereocenters. The van der Waals surface area contributed by atoms with E-state index in [2.05, 4.69) is 86.0 Å². The number of nitrogens with one attached hydrogen (secondary N) is 2. The molecule has 3 heteroatoms. The molecule has 0 heterocycles. The van der Waals surface area contributed by atoms with Crippen molar-refractivity contribution in [3.63, 3.8) is 0 Å². The fraction of sp³-hybridized carbons (Fsp3) is 0.174. The topological polar surface area (TPSA) is 24.1 Å². The molecular weight excluding hydrogens is 336 g/mol. The van der Waals surface area contributed by atoms with Crippen LogP contribution in [-0.4, -0.2) is 5.11 Å². The van der Waals surface area contributed by atoms with Crippen LogP contribution in [0, 0.1) is 20.8 Å². The Morgan fingerprint density at radius 1 is 0.808 bits per heavy atom. The SMILES string of the molecule is Cc1cccc(NC(=S)N[C@H](c2ccccc2)c2ccc(C)cc2C)c1. The van der Waals surface area contributed by atoms with E-state index in [1.165, 1.54) is 27.8 Å². The molecule has 0 aliphatic carbocycles. The quantitative estimate of drug-likeness (QED) is 0.585. The Balaban J connectivity index is 1.87. The van der Waals surface area contributed by atoms with Gasteiger partial charge in [-0.05, 0) is 67.4 Å². The third-order valence-electron chi connectivity index (χ3n) is 4.42. The van der Waals surface area contributed by atoms with Crippen molar-refractivity contribution >= 4 is 23.0 Å². The molecule has 0 amide bonds. The van der Waals surface area contributed by atoms with Crippen molar-refractivity contribution in [2.45, 2.75) is 26.8 Å². The first kappa shape index (κ1) is 18.2. The van der Waals surface area contributed by atoms with E-state index in [0.717, 1.165) is 5.69 Å². The van der Waals surface area contributed by atoms with Crippen LogP contribution in [0.15, 0.2) is 72.8 Å². The number of hydrogen-bond donors (Lipinski definition) is 2. The van der Waals surface area contributed by atoms with Crippen molar-refractivity contribution in [1.82, 2.24) is 5.32 Å².